The van der Waals surface area contributed by atoms with Crippen LogP contribution in [0.3, 0.4) is 0 Å². The fourth-order valence-electron chi connectivity index (χ4n) is 8.56. The first-order chi connectivity index (χ1) is 31.2. The second-order valence-electron chi connectivity index (χ2n) is 17.4. The number of piperidine rings is 2. The molecule has 2 aliphatic heterocycles. The van der Waals surface area contributed by atoms with E-state index < -0.39 is 29.1 Å². The summed E-state index contributed by atoms with van der Waals surface area (Å²) in [6.45, 7) is 7.93. The van der Waals surface area contributed by atoms with Crippen molar-refractivity contribution in [2.75, 3.05) is 31.6 Å². The maximum absolute atomic E-state index is 15.2. The lowest BCUT2D eigenvalue weighted by Crippen LogP contribution is -2.39. The number of aromatic nitrogens is 3. The standard InChI is InChI=1S/C50H51F2N7O6/c1-29-39(23-35(51)24-42(29)57-49(63)38-12-11-34(22-41(38)52)50(2,3)64)46-40-25-43(56-47(40)55-28-54-46)32-9-7-31(8-10-32)26-59-19-16-30(17-20-59)15-18-53-45(61)27-65-36-6-4-5-33(21-36)37-13-14-44(60)58-48(37)62/h4-12,21-25,28,30,37,64H,13-20,26-27H2,1-3H3,(H,53,61)(H,57,63)(H,54,55,56)(H,58,60,62). The zero-order valence-corrected chi connectivity index (χ0v) is 36.5. The van der Waals surface area contributed by atoms with E-state index in [-0.39, 0.29) is 35.6 Å². The van der Waals surface area contributed by atoms with Gasteiger partial charge in [-0.3, -0.25) is 29.4 Å². The highest BCUT2D eigenvalue weighted by molar-refractivity contribution is 6.06. The van der Waals surface area contributed by atoms with E-state index in [9.17, 15) is 28.7 Å². The lowest BCUT2D eigenvalue weighted by atomic mass is 9.90. The van der Waals surface area contributed by atoms with Crippen LogP contribution in [0.25, 0.3) is 33.5 Å². The predicted molar refractivity (Wildman–Crippen MR) is 242 cm³/mol. The molecule has 0 bridgehead atoms. The molecule has 1 atom stereocenters. The largest absolute Gasteiger partial charge is 0.484 e. The molecule has 0 radical (unpaired) electrons. The van der Waals surface area contributed by atoms with Crippen LogP contribution >= 0.6 is 0 Å². The van der Waals surface area contributed by atoms with Crippen molar-refractivity contribution in [3.8, 4) is 28.3 Å². The second kappa shape index (κ2) is 19.1. The number of carbonyl (C=O) groups is 4. The number of benzene rings is 4. The van der Waals surface area contributed by atoms with E-state index in [0.29, 0.717) is 64.5 Å². The summed E-state index contributed by atoms with van der Waals surface area (Å²) in [7, 11) is 0. The van der Waals surface area contributed by atoms with Gasteiger partial charge in [-0.1, -0.05) is 42.5 Å². The Morgan fingerprint density at radius 1 is 0.954 bits per heavy atom. The third-order valence-corrected chi connectivity index (χ3v) is 12.3. The van der Waals surface area contributed by atoms with E-state index in [0.717, 1.165) is 61.8 Å². The van der Waals surface area contributed by atoms with E-state index in [1.165, 1.54) is 50.0 Å². The van der Waals surface area contributed by atoms with Crippen molar-refractivity contribution in [2.45, 2.75) is 70.9 Å². The Morgan fingerprint density at radius 2 is 1.74 bits per heavy atom. The molecule has 1 unspecified atom stereocenters. The molecule has 0 aliphatic carbocycles. The van der Waals surface area contributed by atoms with Gasteiger partial charge in [-0.25, -0.2) is 18.7 Å². The number of nitrogens with one attached hydrogen (secondary N) is 4. The monoisotopic (exact) mass is 883 g/mol. The zero-order chi connectivity index (χ0) is 45.8. The molecule has 0 spiro atoms. The Hall–Kier alpha value is -6.84. The Balaban J connectivity index is 0.822. The molecule has 2 aromatic heterocycles. The van der Waals surface area contributed by atoms with Gasteiger partial charge in [0.2, 0.25) is 11.8 Å². The number of aliphatic hydroxyl groups is 1. The summed E-state index contributed by atoms with van der Waals surface area (Å²) in [6, 6.07) is 23.8. The first-order valence-corrected chi connectivity index (χ1v) is 21.8. The molecule has 6 aromatic rings. The summed E-state index contributed by atoms with van der Waals surface area (Å²) in [5.41, 5.74) is 4.62. The summed E-state index contributed by atoms with van der Waals surface area (Å²) in [5, 5.41) is 18.9. The summed E-state index contributed by atoms with van der Waals surface area (Å²) in [4.78, 5) is 64.3. The number of fused-ring (bicyclic) bond motifs is 1. The normalized spacial score (nSPS) is 16.1. The molecule has 4 aromatic carbocycles. The molecule has 2 saturated heterocycles. The summed E-state index contributed by atoms with van der Waals surface area (Å²) < 4.78 is 35.9. The minimum atomic E-state index is -1.29. The number of ether oxygens (including phenoxy) is 1. The third-order valence-electron chi connectivity index (χ3n) is 12.3. The number of amides is 4. The van der Waals surface area contributed by atoms with Crippen molar-refractivity contribution in [3.63, 3.8) is 0 Å². The molecule has 13 nitrogen and oxygen atoms in total. The number of carbonyl (C=O) groups excluding carboxylic acids is 4. The van der Waals surface area contributed by atoms with Gasteiger partial charge in [0.25, 0.3) is 11.8 Å². The van der Waals surface area contributed by atoms with Gasteiger partial charge in [0.15, 0.2) is 6.61 Å². The van der Waals surface area contributed by atoms with Crippen molar-refractivity contribution in [1.82, 2.24) is 30.5 Å². The molecular weight excluding hydrogens is 833 g/mol. The quantitative estimate of drug-likeness (QED) is 0.0687. The van der Waals surface area contributed by atoms with Gasteiger partial charge < -0.3 is 25.5 Å². The molecule has 4 heterocycles. The van der Waals surface area contributed by atoms with E-state index in [1.54, 1.807) is 25.1 Å². The number of H-pyrrole nitrogens is 1. The molecular formula is C50H51F2N7O6. The number of nitrogens with zero attached hydrogens (tertiary/aromatic N) is 3. The van der Waals surface area contributed by atoms with Gasteiger partial charge in [0, 0.05) is 41.8 Å². The van der Waals surface area contributed by atoms with Crippen LogP contribution in [0.4, 0.5) is 14.5 Å². The van der Waals surface area contributed by atoms with Gasteiger partial charge in [0.1, 0.15) is 29.4 Å². The number of imide groups is 1. The Kier molecular flexibility index (Phi) is 13.1. The second-order valence-corrected chi connectivity index (χ2v) is 17.4. The van der Waals surface area contributed by atoms with Crippen molar-refractivity contribution < 1.29 is 37.8 Å². The predicted octanol–water partition coefficient (Wildman–Crippen LogP) is 7.68. The van der Waals surface area contributed by atoms with Crippen molar-refractivity contribution in [3.05, 3.63) is 131 Å². The Labute approximate surface area is 375 Å². The number of aromatic amines is 1. The molecule has 15 heteroatoms. The highest BCUT2D eigenvalue weighted by Crippen LogP contribution is 2.36. The maximum atomic E-state index is 15.2. The first kappa shape index (κ1) is 44.8. The summed E-state index contributed by atoms with van der Waals surface area (Å²) >= 11 is 0. The summed E-state index contributed by atoms with van der Waals surface area (Å²) in [5.74, 6) is -2.37. The summed E-state index contributed by atoms with van der Waals surface area (Å²) in [6.07, 6.45) is 5.08. The van der Waals surface area contributed by atoms with E-state index in [2.05, 4.69) is 60.1 Å². The molecule has 2 fully saturated rings. The molecule has 2 aliphatic rings. The van der Waals surface area contributed by atoms with Crippen LogP contribution in [0.2, 0.25) is 0 Å². The molecule has 5 N–H and O–H groups in total. The molecule has 4 amide bonds. The van der Waals surface area contributed by atoms with Crippen molar-refractivity contribution in [1.29, 1.82) is 0 Å². The van der Waals surface area contributed by atoms with Crippen LogP contribution in [0.5, 0.6) is 5.75 Å². The topological polar surface area (TPSA) is 179 Å². The Morgan fingerprint density at radius 3 is 2.48 bits per heavy atom. The van der Waals surface area contributed by atoms with Gasteiger partial charge in [-0.2, -0.15) is 0 Å². The number of rotatable bonds is 14. The number of anilines is 1. The zero-order valence-electron chi connectivity index (χ0n) is 36.5. The lowest BCUT2D eigenvalue weighted by Gasteiger charge is -2.32. The van der Waals surface area contributed by atoms with Crippen LogP contribution in [0.15, 0.2) is 91.3 Å². The fourth-order valence-corrected chi connectivity index (χ4v) is 8.56. The van der Waals surface area contributed by atoms with E-state index in [4.69, 9.17) is 4.74 Å². The minimum absolute atomic E-state index is 0.127. The van der Waals surface area contributed by atoms with Crippen molar-refractivity contribution >= 4 is 40.3 Å². The SMILES string of the molecule is Cc1c(NC(=O)c2ccc(C(C)(C)O)cc2F)cc(F)cc1-c1ncnc2[nH]c(-c3ccc(CN4CCC(CCNC(=O)COc5cccc(C6CCC(=O)NC6=O)c5)CC4)cc3)cc12. The van der Waals surface area contributed by atoms with Crippen molar-refractivity contribution in [2.24, 2.45) is 5.92 Å². The molecule has 8 rings (SSSR count). The van der Waals surface area contributed by atoms with Crippen LogP contribution in [0, 0.1) is 24.5 Å². The number of halogens is 2. The highest BCUT2D eigenvalue weighted by atomic mass is 19.1. The average molecular weight is 884 g/mol. The Bertz CT molecular complexity index is 2760. The number of hydrogen-bond acceptors (Lipinski definition) is 9. The van der Waals surface area contributed by atoms with Gasteiger partial charge >= 0.3 is 0 Å². The molecule has 65 heavy (non-hydrogen) atoms. The van der Waals surface area contributed by atoms with Crippen LogP contribution in [-0.2, 0) is 26.5 Å². The molecule has 0 saturated carbocycles. The van der Waals surface area contributed by atoms with Crippen LogP contribution in [-0.4, -0.2) is 74.8 Å². The van der Waals surface area contributed by atoms with Crippen LogP contribution < -0.4 is 20.7 Å². The number of likely N-dealkylation sites (tertiary alicyclic amines) is 1. The van der Waals surface area contributed by atoms with Gasteiger partial charge in [-0.05, 0) is 136 Å². The average Bonchev–Trinajstić information content (AvgIpc) is 3.72. The minimum Gasteiger partial charge on any atom is -0.484 e. The first-order valence-electron chi connectivity index (χ1n) is 21.8. The van der Waals surface area contributed by atoms with Crippen LogP contribution in [0.1, 0.15) is 84.5 Å². The lowest BCUT2D eigenvalue weighted by molar-refractivity contribution is -0.134. The maximum Gasteiger partial charge on any atom is 0.258 e. The smallest absolute Gasteiger partial charge is 0.258 e. The third kappa shape index (κ3) is 10.6. The highest BCUT2D eigenvalue weighted by Gasteiger charge is 2.28. The van der Waals surface area contributed by atoms with E-state index >= 15 is 4.39 Å². The van der Waals surface area contributed by atoms with Gasteiger partial charge in [0.05, 0.1) is 22.8 Å². The fraction of sp³-hybridized carbons (Fsp3) is 0.320. The molecule has 336 valence electrons. The van der Waals surface area contributed by atoms with Gasteiger partial charge in [-0.15, -0.1) is 0 Å². The number of hydrogen-bond donors (Lipinski definition) is 5. The van der Waals surface area contributed by atoms with E-state index in [1.807, 2.05) is 12.1 Å².